The van der Waals surface area contributed by atoms with Crippen LogP contribution in [0.25, 0.3) is 10.8 Å². The van der Waals surface area contributed by atoms with Crippen LogP contribution in [0.3, 0.4) is 0 Å². The Balaban J connectivity index is 2.05. The zero-order valence-electron chi connectivity index (χ0n) is 13.4. The highest BCUT2D eigenvalue weighted by atomic mass is 14.9. The Kier molecular flexibility index (Phi) is 4.60. The summed E-state index contributed by atoms with van der Waals surface area (Å²) in [6.45, 7) is 2.27. The van der Waals surface area contributed by atoms with Crippen molar-refractivity contribution in [1.82, 2.24) is 5.32 Å². The number of benzene rings is 2. The summed E-state index contributed by atoms with van der Waals surface area (Å²) in [5.41, 5.74) is 2.96. The molecule has 0 heterocycles. The Morgan fingerprint density at radius 2 is 1.67 bits per heavy atom. The van der Waals surface area contributed by atoms with E-state index in [-0.39, 0.29) is 0 Å². The van der Waals surface area contributed by atoms with Crippen LogP contribution in [0, 0.1) is 12.8 Å². The summed E-state index contributed by atoms with van der Waals surface area (Å²) in [4.78, 5) is 0. The number of hydrogen-bond acceptors (Lipinski definition) is 1. The second-order valence-corrected chi connectivity index (χ2v) is 6.54. The normalized spacial score (nSPS) is 18.6. The van der Waals surface area contributed by atoms with Crippen molar-refractivity contribution < 1.29 is 0 Å². The third-order valence-electron chi connectivity index (χ3n) is 5.18. The molecule has 0 amide bonds. The van der Waals surface area contributed by atoms with Crippen LogP contribution < -0.4 is 5.32 Å². The molecule has 0 aliphatic heterocycles. The number of aryl methyl sites for hydroxylation is 1. The fraction of sp³-hybridized carbons (Fsp3) is 0.500. The Hall–Kier alpha value is -1.34. The third kappa shape index (κ3) is 2.98. The number of rotatable bonds is 3. The molecule has 1 N–H and O–H groups in total. The maximum atomic E-state index is 3.65. The van der Waals surface area contributed by atoms with Crippen molar-refractivity contribution in [3.8, 4) is 0 Å². The van der Waals surface area contributed by atoms with Gasteiger partial charge < -0.3 is 5.32 Å². The lowest BCUT2D eigenvalue weighted by molar-refractivity contribution is 0.342. The van der Waals surface area contributed by atoms with E-state index in [1.54, 1.807) is 0 Å². The van der Waals surface area contributed by atoms with E-state index in [4.69, 9.17) is 0 Å². The van der Waals surface area contributed by atoms with Crippen molar-refractivity contribution >= 4 is 10.8 Å². The van der Waals surface area contributed by atoms with Crippen LogP contribution in [0.4, 0.5) is 0 Å². The SMILES string of the molecule is CNC(c1c(C)ccc2ccccc12)C1CCCCCC1. The first kappa shape index (κ1) is 14.6. The monoisotopic (exact) mass is 281 g/mol. The minimum Gasteiger partial charge on any atom is -0.313 e. The molecule has 0 bridgehead atoms. The molecule has 112 valence electrons. The summed E-state index contributed by atoms with van der Waals surface area (Å²) in [7, 11) is 2.14. The van der Waals surface area contributed by atoms with E-state index in [1.165, 1.54) is 60.4 Å². The van der Waals surface area contributed by atoms with Crippen LogP contribution in [0.15, 0.2) is 36.4 Å². The Morgan fingerprint density at radius 3 is 2.38 bits per heavy atom. The molecule has 1 unspecified atom stereocenters. The molecule has 3 rings (SSSR count). The van der Waals surface area contributed by atoms with Crippen molar-refractivity contribution in [2.24, 2.45) is 5.92 Å². The highest BCUT2D eigenvalue weighted by molar-refractivity contribution is 5.87. The number of fused-ring (bicyclic) bond motifs is 1. The smallest absolute Gasteiger partial charge is 0.0354 e. The standard InChI is InChI=1S/C20H27N/c1-15-13-14-16-9-7-8-12-18(16)19(15)20(21-2)17-10-5-3-4-6-11-17/h7-9,12-14,17,20-21H,3-6,10-11H2,1-2H3. The van der Waals surface area contributed by atoms with Gasteiger partial charge in [-0.2, -0.15) is 0 Å². The minimum absolute atomic E-state index is 0.495. The summed E-state index contributed by atoms with van der Waals surface area (Å²) >= 11 is 0. The first-order chi connectivity index (χ1) is 10.3. The maximum Gasteiger partial charge on any atom is 0.0354 e. The van der Waals surface area contributed by atoms with Crippen molar-refractivity contribution in [3.63, 3.8) is 0 Å². The van der Waals surface area contributed by atoms with Crippen molar-refractivity contribution in [2.45, 2.75) is 51.5 Å². The molecular formula is C20H27N. The fourth-order valence-electron chi connectivity index (χ4n) is 4.08. The molecule has 1 nitrogen and oxygen atoms in total. The molecule has 1 aliphatic rings. The minimum atomic E-state index is 0.495. The Labute approximate surface area is 128 Å². The molecule has 1 saturated carbocycles. The van der Waals surface area contributed by atoms with Gasteiger partial charge in [-0.05, 0) is 54.6 Å². The van der Waals surface area contributed by atoms with Crippen LogP contribution >= 0.6 is 0 Å². The Morgan fingerprint density at radius 1 is 0.952 bits per heavy atom. The van der Waals surface area contributed by atoms with Crippen LogP contribution in [0.1, 0.15) is 55.7 Å². The van der Waals surface area contributed by atoms with Gasteiger partial charge in [0.1, 0.15) is 0 Å². The molecular weight excluding hydrogens is 254 g/mol. The lowest BCUT2D eigenvalue weighted by Crippen LogP contribution is -2.26. The van der Waals surface area contributed by atoms with E-state index in [0.717, 1.165) is 5.92 Å². The molecule has 21 heavy (non-hydrogen) atoms. The highest BCUT2D eigenvalue weighted by Crippen LogP contribution is 2.37. The average Bonchev–Trinajstić information content (AvgIpc) is 2.79. The van der Waals surface area contributed by atoms with E-state index in [2.05, 4.69) is 55.7 Å². The van der Waals surface area contributed by atoms with E-state index in [0.29, 0.717) is 6.04 Å². The van der Waals surface area contributed by atoms with Crippen molar-refractivity contribution in [2.75, 3.05) is 7.05 Å². The number of nitrogens with one attached hydrogen (secondary N) is 1. The summed E-state index contributed by atoms with van der Waals surface area (Å²) in [6, 6.07) is 13.9. The Bertz CT molecular complexity index is 594. The second kappa shape index (κ2) is 6.62. The van der Waals surface area contributed by atoms with Crippen molar-refractivity contribution in [3.05, 3.63) is 47.5 Å². The molecule has 0 aromatic heterocycles. The lowest BCUT2D eigenvalue weighted by atomic mass is 9.83. The molecule has 2 aromatic carbocycles. The van der Waals surface area contributed by atoms with E-state index < -0.39 is 0 Å². The van der Waals surface area contributed by atoms with Gasteiger partial charge in [0.05, 0.1) is 0 Å². The van der Waals surface area contributed by atoms with Gasteiger partial charge >= 0.3 is 0 Å². The molecule has 0 saturated heterocycles. The lowest BCUT2D eigenvalue weighted by Gasteiger charge is -2.29. The van der Waals surface area contributed by atoms with E-state index >= 15 is 0 Å². The predicted molar refractivity (Wildman–Crippen MR) is 91.7 cm³/mol. The van der Waals surface area contributed by atoms with Crippen LogP contribution in [-0.2, 0) is 0 Å². The average molecular weight is 281 g/mol. The first-order valence-electron chi connectivity index (χ1n) is 8.47. The summed E-state index contributed by atoms with van der Waals surface area (Å²) in [5.74, 6) is 0.780. The third-order valence-corrected chi connectivity index (χ3v) is 5.18. The van der Waals surface area contributed by atoms with Gasteiger partial charge in [0.25, 0.3) is 0 Å². The largest absolute Gasteiger partial charge is 0.313 e. The van der Waals surface area contributed by atoms with Crippen LogP contribution in [0.5, 0.6) is 0 Å². The topological polar surface area (TPSA) is 12.0 Å². The van der Waals surface area contributed by atoms with Crippen molar-refractivity contribution in [1.29, 1.82) is 0 Å². The second-order valence-electron chi connectivity index (χ2n) is 6.54. The zero-order valence-corrected chi connectivity index (χ0v) is 13.4. The quantitative estimate of drug-likeness (QED) is 0.745. The highest BCUT2D eigenvalue weighted by Gasteiger charge is 2.25. The van der Waals surface area contributed by atoms with Gasteiger partial charge in [-0.15, -0.1) is 0 Å². The van der Waals surface area contributed by atoms with Gasteiger partial charge in [-0.25, -0.2) is 0 Å². The fourth-order valence-corrected chi connectivity index (χ4v) is 4.08. The van der Waals surface area contributed by atoms with Crippen LogP contribution in [0.2, 0.25) is 0 Å². The number of hydrogen-bond donors (Lipinski definition) is 1. The molecule has 1 aliphatic carbocycles. The summed E-state index contributed by atoms with van der Waals surface area (Å²) < 4.78 is 0. The predicted octanol–water partition coefficient (Wildman–Crippen LogP) is 5.38. The van der Waals surface area contributed by atoms with E-state index in [1.807, 2.05) is 0 Å². The molecule has 2 aromatic rings. The summed E-state index contributed by atoms with van der Waals surface area (Å²) in [5, 5.41) is 6.45. The molecule has 1 atom stereocenters. The molecule has 0 radical (unpaired) electrons. The molecule has 1 heteroatoms. The van der Waals surface area contributed by atoms with Crippen LogP contribution in [-0.4, -0.2) is 7.05 Å². The van der Waals surface area contributed by atoms with Gasteiger partial charge in [0, 0.05) is 6.04 Å². The van der Waals surface area contributed by atoms with Gasteiger partial charge in [-0.1, -0.05) is 62.1 Å². The van der Waals surface area contributed by atoms with Gasteiger partial charge in [-0.3, -0.25) is 0 Å². The van der Waals surface area contributed by atoms with Gasteiger partial charge in [0.15, 0.2) is 0 Å². The van der Waals surface area contributed by atoms with E-state index in [9.17, 15) is 0 Å². The maximum absolute atomic E-state index is 3.65. The summed E-state index contributed by atoms with van der Waals surface area (Å²) in [6.07, 6.45) is 8.37. The molecule has 0 spiro atoms. The van der Waals surface area contributed by atoms with Gasteiger partial charge in [0.2, 0.25) is 0 Å². The first-order valence-corrected chi connectivity index (χ1v) is 8.47. The molecule has 1 fully saturated rings. The zero-order chi connectivity index (χ0) is 14.7.